The van der Waals surface area contributed by atoms with Crippen molar-refractivity contribution in [3.8, 4) is 0 Å². The van der Waals surface area contributed by atoms with Crippen molar-refractivity contribution in [3.63, 3.8) is 0 Å². The van der Waals surface area contributed by atoms with Crippen LogP contribution in [-0.4, -0.2) is 14.7 Å². The first-order valence-electron chi connectivity index (χ1n) is 6.03. The maximum Gasteiger partial charge on any atom is 0.0957 e. The van der Waals surface area contributed by atoms with Gasteiger partial charge in [-0.1, -0.05) is 55.6 Å². The molecule has 0 saturated heterocycles. The van der Waals surface area contributed by atoms with Crippen LogP contribution in [0.1, 0.15) is 43.0 Å². The van der Waals surface area contributed by atoms with Gasteiger partial charge in [-0.05, 0) is 17.1 Å². The van der Waals surface area contributed by atoms with Gasteiger partial charge < -0.3 is 5.11 Å². The Bertz CT molecular complexity index is 502. The van der Waals surface area contributed by atoms with Crippen LogP contribution >= 0.6 is 11.5 Å². The number of aromatic nitrogens is 2. The van der Waals surface area contributed by atoms with E-state index in [0.29, 0.717) is 6.42 Å². The second-order valence-corrected chi connectivity index (χ2v) is 6.23. The second-order valence-electron chi connectivity index (χ2n) is 5.44. The van der Waals surface area contributed by atoms with E-state index in [2.05, 4.69) is 30.4 Å². The Morgan fingerprint density at radius 2 is 1.89 bits per heavy atom. The topological polar surface area (TPSA) is 46.0 Å². The van der Waals surface area contributed by atoms with Crippen LogP contribution in [0.3, 0.4) is 0 Å². The molecular formula is C14H18N2OS. The number of rotatable bonds is 3. The lowest BCUT2D eigenvalue weighted by atomic mass is 9.89. The smallest absolute Gasteiger partial charge is 0.0957 e. The Kier molecular flexibility index (Phi) is 3.78. The van der Waals surface area contributed by atoms with Gasteiger partial charge in [-0.2, -0.15) is 0 Å². The number of nitrogens with zero attached hydrogens (tertiary/aromatic N) is 2. The van der Waals surface area contributed by atoms with E-state index in [-0.39, 0.29) is 5.41 Å². The van der Waals surface area contributed by atoms with Gasteiger partial charge in [-0.25, -0.2) is 0 Å². The van der Waals surface area contributed by atoms with Crippen molar-refractivity contribution < 1.29 is 5.11 Å². The van der Waals surface area contributed by atoms with Crippen LogP contribution in [-0.2, 0) is 11.8 Å². The van der Waals surface area contributed by atoms with Gasteiger partial charge >= 0.3 is 0 Å². The summed E-state index contributed by atoms with van der Waals surface area (Å²) in [5.41, 5.74) is 1.94. The van der Waals surface area contributed by atoms with Gasteiger partial charge in [-0.3, -0.25) is 0 Å². The molecule has 1 atom stereocenters. The molecule has 18 heavy (non-hydrogen) atoms. The molecule has 1 aromatic carbocycles. The fourth-order valence-corrected chi connectivity index (χ4v) is 2.71. The molecular weight excluding hydrogens is 244 g/mol. The quantitative estimate of drug-likeness (QED) is 0.924. The van der Waals surface area contributed by atoms with Crippen molar-refractivity contribution in [2.75, 3.05) is 0 Å². The molecule has 2 aromatic rings. The van der Waals surface area contributed by atoms with Crippen LogP contribution in [0.5, 0.6) is 0 Å². The van der Waals surface area contributed by atoms with E-state index < -0.39 is 6.10 Å². The van der Waals surface area contributed by atoms with Crippen LogP contribution < -0.4 is 0 Å². The fraction of sp³-hybridized carbons (Fsp3) is 0.429. The van der Waals surface area contributed by atoms with Crippen LogP contribution in [0.4, 0.5) is 0 Å². The summed E-state index contributed by atoms with van der Waals surface area (Å²) in [6.07, 6.45) is 0.0787. The van der Waals surface area contributed by atoms with E-state index in [9.17, 15) is 5.11 Å². The molecule has 0 fully saturated rings. The molecule has 0 bridgehead atoms. The lowest BCUT2D eigenvalue weighted by Crippen LogP contribution is -2.16. The summed E-state index contributed by atoms with van der Waals surface area (Å²) in [6, 6.07) is 9.99. The van der Waals surface area contributed by atoms with Gasteiger partial charge in [-0.15, -0.1) is 5.10 Å². The maximum absolute atomic E-state index is 10.3. The molecule has 0 aliphatic carbocycles. The van der Waals surface area contributed by atoms with Gasteiger partial charge in [0, 0.05) is 11.8 Å². The first kappa shape index (κ1) is 13.2. The summed E-state index contributed by atoms with van der Waals surface area (Å²) in [7, 11) is 0. The molecule has 3 nitrogen and oxygen atoms in total. The average Bonchev–Trinajstić information content (AvgIpc) is 2.79. The summed E-state index contributed by atoms with van der Waals surface area (Å²) in [5, 5.41) is 14.5. The van der Waals surface area contributed by atoms with E-state index in [0.717, 1.165) is 16.1 Å². The zero-order valence-corrected chi connectivity index (χ0v) is 11.7. The summed E-state index contributed by atoms with van der Waals surface area (Å²) < 4.78 is 3.98. The van der Waals surface area contributed by atoms with Crippen molar-refractivity contribution >= 4 is 11.5 Å². The minimum atomic E-state index is -0.526. The number of hydrogen-bond acceptors (Lipinski definition) is 4. The molecule has 0 aliphatic heterocycles. The van der Waals surface area contributed by atoms with Crippen molar-refractivity contribution in [2.24, 2.45) is 0 Å². The van der Waals surface area contributed by atoms with Gasteiger partial charge in [0.2, 0.25) is 0 Å². The molecule has 4 heteroatoms. The van der Waals surface area contributed by atoms with Crippen LogP contribution in [0.25, 0.3) is 0 Å². The van der Waals surface area contributed by atoms with E-state index in [1.807, 2.05) is 30.3 Å². The number of benzene rings is 1. The highest BCUT2D eigenvalue weighted by Gasteiger charge is 2.26. The predicted octanol–water partition coefficient (Wildman–Crippen LogP) is 3.11. The third kappa shape index (κ3) is 2.94. The molecule has 1 heterocycles. The molecule has 96 valence electrons. The van der Waals surface area contributed by atoms with Crippen molar-refractivity contribution in [1.29, 1.82) is 0 Å². The van der Waals surface area contributed by atoms with Gasteiger partial charge in [0.25, 0.3) is 0 Å². The molecule has 0 aliphatic rings. The molecule has 1 N–H and O–H groups in total. The Morgan fingerprint density at radius 3 is 2.50 bits per heavy atom. The molecule has 1 aromatic heterocycles. The van der Waals surface area contributed by atoms with Gasteiger partial charge in [0.15, 0.2) is 0 Å². The maximum atomic E-state index is 10.3. The minimum absolute atomic E-state index is 0.0833. The SMILES string of the molecule is CC(C)(C)c1nnsc1C(O)Cc1ccccc1. The first-order chi connectivity index (χ1) is 8.48. The van der Waals surface area contributed by atoms with E-state index >= 15 is 0 Å². The van der Waals surface area contributed by atoms with E-state index in [4.69, 9.17) is 0 Å². The average molecular weight is 262 g/mol. The highest BCUT2D eigenvalue weighted by molar-refractivity contribution is 7.05. The number of aliphatic hydroxyl groups excluding tert-OH is 1. The van der Waals surface area contributed by atoms with Gasteiger partial charge in [0.05, 0.1) is 16.7 Å². The molecule has 0 radical (unpaired) electrons. The highest BCUT2D eigenvalue weighted by Crippen LogP contribution is 2.31. The summed E-state index contributed by atoms with van der Waals surface area (Å²) in [5.74, 6) is 0. The number of aliphatic hydroxyl groups is 1. The zero-order valence-electron chi connectivity index (χ0n) is 10.9. The zero-order chi connectivity index (χ0) is 13.2. The van der Waals surface area contributed by atoms with Crippen molar-refractivity contribution in [3.05, 3.63) is 46.5 Å². The summed E-state index contributed by atoms with van der Waals surface area (Å²) in [6.45, 7) is 6.26. The van der Waals surface area contributed by atoms with Crippen LogP contribution in [0.15, 0.2) is 30.3 Å². The monoisotopic (exact) mass is 262 g/mol. The van der Waals surface area contributed by atoms with Crippen molar-refractivity contribution in [1.82, 2.24) is 9.59 Å². The fourth-order valence-electron chi connectivity index (χ4n) is 1.87. The molecule has 0 amide bonds. The van der Waals surface area contributed by atoms with Gasteiger partial charge in [0.1, 0.15) is 0 Å². The van der Waals surface area contributed by atoms with E-state index in [1.165, 1.54) is 11.5 Å². The Balaban J connectivity index is 2.20. The second kappa shape index (κ2) is 5.16. The minimum Gasteiger partial charge on any atom is -0.387 e. The van der Waals surface area contributed by atoms with Crippen LogP contribution in [0.2, 0.25) is 0 Å². The first-order valence-corrected chi connectivity index (χ1v) is 6.80. The number of hydrogen-bond donors (Lipinski definition) is 1. The molecule has 1 unspecified atom stereocenters. The third-order valence-corrected chi connectivity index (χ3v) is 3.62. The Labute approximate surface area is 112 Å². The largest absolute Gasteiger partial charge is 0.387 e. The van der Waals surface area contributed by atoms with E-state index in [1.54, 1.807) is 0 Å². The molecule has 2 rings (SSSR count). The molecule has 0 spiro atoms. The Hall–Kier alpha value is -1.26. The third-order valence-electron chi connectivity index (χ3n) is 2.80. The lowest BCUT2D eigenvalue weighted by molar-refractivity contribution is 0.179. The summed E-state index contributed by atoms with van der Waals surface area (Å²) in [4.78, 5) is 0.881. The summed E-state index contributed by atoms with van der Waals surface area (Å²) >= 11 is 1.29. The van der Waals surface area contributed by atoms with Crippen molar-refractivity contribution in [2.45, 2.75) is 38.7 Å². The Morgan fingerprint density at radius 1 is 1.22 bits per heavy atom. The highest BCUT2D eigenvalue weighted by atomic mass is 32.1. The lowest BCUT2D eigenvalue weighted by Gasteiger charge is -2.19. The molecule has 0 saturated carbocycles. The predicted molar refractivity (Wildman–Crippen MR) is 73.7 cm³/mol. The normalized spacial score (nSPS) is 13.6. The van der Waals surface area contributed by atoms with Crippen LogP contribution in [0, 0.1) is 0 Å². The standard InChI is InChI=1S/C14H18N2OS/c1-14(2,3)13-12(18-16-15-13)11(17)9-10-7-5-4-6-8-10/h4-8,11,17H,9H2,1-3H3.